The SMILES string of the molecule is CCC(C#N)N1CCN(c2cnc(C#N)cn2)CC1. The molecule has 1 aromatic rings. The minimum absolute atomic E-state index is 0.00852. The molecule has 98 valence electrons. The van der Waals surface area contributed by atoms with E-state index in [1.807, 2.05) is 13.0 Å². The van der Waals surface area contributed by atoms with Gasteiger partial charge in [-0.3, -0.25) is 4.90 Å². The van der Waals surface area contributed by atoms with E-state index in [0.717, 1.165) is 38.4 Å². The maximum absolute atomic E-state index is 9.06. The van der Waals surface area contributed by atoms with Gasteiger partial charge in [0.05, 0.1) is 24.5 Å². The standard InChI is InChI=1S/C13H16N6/c1-2-12(8-15)18-3-5-19(6-4-18)13-10-16-11(7-14)9-17-13/h9-10,12H,2-6H2,1H3. The number of rotatable bonds is 3. The van der Waals surface area contributed by atoms with E-state index in [1.54, 1.807) is 6.20 Å². The van der Waals surface area contributed by atoms with Crippen LogP contribution in [0.5, 0.6) is 0 Å². The number of piperazine rings is 1. The Kier molecular flexibility index (Phi) is 4.27. The van der Waals surface area contributed by atoms with Gasteiger partial charge in [-0.1, -0.05) is 6.92 Å². The number of nitriles is 2. The Morgan fingerprint density at radius 2 is 1.95 bits per heavy atom. The summed E-state index contributed by atoms with van der Waals surface area (Å²) in [5.41, 5.74) is 0.331. The molecule has 0 amide bonds. The summed E-state index contributed by atoms with van der Waals surface area (Å²) < 4.78 is 0. The van der Waals surface area contributed by atoms with E-state index in [4.69, 9.17) is 10.5 Å². The topological polar surface area (TPSA) is 79.8 Å². The lowest BCUT2D eigenvalue weighted by atomic mass is 10.2. The molecule has 0 aromatic carbocycles. The summed E-state index contributed by atoms with van der Waals surface area (Å²) in [5, 5.41) is 17.7. The Bertz CT molecular complexity index is 489. The van der Waals surface area contributed by atoms with Crippen LogP contribution in [-0.2, 0) is 0 Å². The van der Waals surface area contributed by atoms with Crippen molar-refractivity contribution < 1.29 is 0 Å². The largest absolute Gasteiger partial charge is 0.353 e. The summed E-state index contributed by atoms with van der Waals surface area (Å²) in [6, 6.07) is 4.30. The first-order valence-electron chi connectivity index (χ1n) is 6.39. The maximum Gasteiger partial charge on any atom is 0.158 e. The van der Waals surface area contributed by atoms with Crippen LogP contribution in [0.25, 0.3) is 0 Å². The molecule has 0 aliphatic carbocycles. The molecule has 6 nitrogen and oxygen atoms in total. The van der Waals surface area contributed by atoms with Crippen LogP contribution in [0.2, 0.25) is 0 Å². The number of hydrogen-bond acceptors (Lipinski definition) is 6. The third-order valence-electron chi connectivity index (χ3n) is 3.37. The lowest BCUT2D eigenvalue weighted by Gasteiger charge is -2.37. The van der Waals surface area contributed by atoms with Crippen molar-refractivity contribution >= 4 is 5.82 Å². The van der Waals surface area contributed by atoms with Crippen molar-refractivity contribution in [1.29, 1.82) is 10.5 Å². The van der Waals surface area contributed by atoms with E-state index in [-0.39, 0.29) is 6.04 Å². The van der Waals surface area contributed by atoms with Gasteiger partial charge >= 0.3 is 0 Å². The summed E-state index contributed by atoms with van der Waals surface area (Å²) in [7, 11) is 0. The molecule has 1 aromatic heterocycles. The van der Waals surface area contributed by atoms with Gasteiger partial charge in [-0.15, -0.1) is 0 Å². The normalized spacial score (nSPS) is 17.5. The van der Waals surface area contributed by atoms with Gasteiger partial charge in [0, 0.05) is 26.2 Å². The molecular formula is C13H16N6. The van der Waals surface area contributed by atoms with Crippen molar-refractivity contribution in [3.05, 3.63) is 18.1 Å². The van der Waals surface area contributed by atoms with Crippen molar-refractivity contribution in [3.8, 4) is 12.1 Å². The fourth-order valence-corrected chi connectivity index (χ4v) is 2.24. The van der Waals surface area contributed by atoms with Crippen molar-refractivity contribution in [1.82, 2.24) is 14.9 Å². The fraction of sp³-hybridized carbons (Fsp3) is 0.538. The second kappa shape index (κ2) is 6.12. The van der Waals surface area contributed by atoms with E-state index in [9.17, 15) is 0 Å². The first-order valence-corrected chi connectivity index (χ1v) is 6.39. The molecule has 6 heteroatoms. The molecule has 0 bridgehead atoms. The average molecular weight is 256 g/mol. The van der Waals surface area contributed by atoms with Crippen LogP contribution in [0.1, 0.15) is 19.0 Å². The lowest BCUT2D eigenvalue weighted by Crippen LogP contribution is -2.50. The van der Waals surface area contributed by atoms with Crippen molar-refractivity contribution in [2.45, 2.75) is 19.4 Å². The monoisotopic (exact) mass is 256 g/mol. The van der Waals surface area contributed by atoms with Gasteiger partial charge in [-0.2, -0.15) is 10.5 Å². The highest BCUT2D eigenvalue weighted by Crippen LogP contribution is 2.14. The number of aromatic nitrogens is 2. The van der Waals surface area contributed by atoms with Gasteiger partial charge in [0.2, 0.25) is 0 Å². The zero-order valence-corrected chi connectivity index (χ0v) is 11.0. The number of anilines is 1. The molecule has 1 fully saturated rings. The Hall–Kier alpha value is -2.18. The molecule has 0 saturated carbocycles. The van der Waals surface area contributed by atoms with E-state index < -0.39 is 0 Å². The predicted molar refractivity (Wildman–Crippen MR) is 70.2 cm³/mol. The van der Waals surface area contributed by atoms with Crippen LogP contribution in [0.15, 0.2) is 12.4 Å². The Labute approximate surface area is 112 Å². The highest BCUT2D eigenvalue weighted by atomic mass is 15.3. The van der Waals surface area contributed by atoms with Crippen molar-refractivity contribution in [3.63, 3.8) is 0 Å². The van der Waals surface area contributed by atoms with Gasteiger partial charge in [-0.05, 0) is 6.42 Å². The highest BCUT2D eigenvalue weighted by molar-refractivity contribution is 5.37. The molecular weight excluding hydrogens is 240 g/mol. The van der Waals surface area contributed by atoms with Crippen LogP contribution in [-0.4, -0.2) is 47.1 Å². The van der Waals surface area contributed by atoms with E-state index in [1.165, 1.54) is 6.20 Å². The molecule has 1 atom stereocenters. The third kappa shape index (κ3) is 2.98. The Morgan fingerprint density at radius 1 is 1.21 bits per heavy atom. The quantitative estimate of drug-likeness (QED) is 0.794. The summed E-state index contributed by atoms with van der Waals surface area (Å²) in [4.78, 5) is 12.6. The van der Waals surface area contributed by atoms with Crippen LogP contribution >= 0.6 is 0 Å². The zero-order valence-electron chi connectivity index (χ0n) is 11.0. The maximum atomic E-state index is 9.06. The molecule has 1 saturated heterocycles. The van der Waals surface area contributed by atoms with Gasteiger partial charge in [0.15, 0.2) is 5.69 Å². The Balaban J connectivity index is 1.96. The number of hydrogen-bond donors (Lipinski definition) is 0. The van der Waals surface area contributed by atoms with Gasteiger partial charge < -0.3 is 4.90 Å². The highest BCUT2D eigenvalue weighted by Gasteiger charge is 2.23. The predicted octanol–water partition coefficient (Wildman–Crippen LogP) is 0.772. The molecule has 19 heavy (non-hydrogen) atoms. The molecule has 0 spiro atoms. The lowest BCUT2D eigenvalue weighted by molar-refractivity contribution is 0.216. The van der Waals surface area contributed by atoms with E-state index in [0.29, 0.717) is 5.69 Å². The molecule has 2 heterocycles. The first kappa shape index (κ1) is 13.3. The van der Waals surface area contributed by atoms with Gasteiger partial charge in [-0.25, -0.2) is 9.97 Å². The summed E-state index contributed by atoms with van der Waals surface area (Å²) in [5.74, 6) is 0.795. The van der Waals surface area contributed by atoms with Crippen LogP contribution in [0, 0.1) is 22.7 Å². The smallest absolute Gasteiger partial charge is 0.158 e. The third-order valence-corrected chi connectivity index (χ3v) is 3.37. The van der Waals surface area contributed by atoms with Crippen molar-refractivity contribution in [2.24, 2.45) is 0 Å². The molecule has 0 radical (unpaired) electrons. The molecule has 0 N–H and O–H groups in total. The van der Waals surface area contributed by atoms with Gasteiger partial charge in [0.25, 0.3) is 0 Å². The second-order valence-corrected chi connectivity index (χ2v) is 4.45. The molecule has 1 unspecified atom stereocenters. The summed E-state index contributed by atoms with van der Waals surface area (Å²) >= 11 is 0. The number of nitrogens with zero attached hydrogens (tertiary/aromatic N) is 6. The second-order valence-electron chi connectivity index (χ2n) is 4.45. The minimum atomic E-state index is 0.00852. The fourth-order valence-electron chi connectivity index (χ4n) is 2.24. The first-order chi connectivity index (χ1) is 9.28. The van der Waals surface area contributed by atoms with Crippen molar-refractivity contribution in [2.75, 3.05) is 31.1 Å². The molecule has 2 rings (SSSR count). The minimum Gasteiger partial charge on any atom is -0.353 e. The molecule has 1 aliphatic heterocycles. The zero-order chi connectivity index (χ0) is 13.7. The van der Waals surface area contributed by atoms with Crippen LogP contribution < -0.4 is 4.90 Å². The van der Waals surface area contributed by atoms with E-state index in [2.05, 4.69) is 25.8 Å². The summed E-state index contributed by atoms with van der Waals surface area (Å²) in [6.45, 7) is 5.41. The Morgan fingerprint density at radius 3 is 2.42 bits per heavy atom. The molecule has 1 aliphatic rings. The van der Waals surface area contributed by atoms with Crippen LogP contribution in [0.4, 0.5) is 5.82 Å². The summed E-state index contributed by atoms with van der Waals surface area (Å²) in [6.07, 6.45) is 3.98. The van der Waals surface area contributed by atoms with E-state index >= 15 is 0 Å². The average Bonchev–Trinajstić information content (AvgIpc) is 2.49. The van der Waals surface area contributed by atoms with Crippen LogP contribution in [0.3, 0.4) is 0 Å². The van der Waals surface area contributed by atoms with Gasteiger partial charge in [0.1, 0.15) is 11.9 Å².